The number of aromatic nitrogens is 2. The van der Waals surface area contributed by atoms with Crippen LogP contribution in [0.5, 0.6) is 5.75 Å². The first kappa shape index (κ1) is 16.7. The van der Waals surface area contributed by atoms with Gasteiger partial charge >= 0.3 is 5.97 Å². The van der Waals surface area contributed by atoms with Crippen molar-refractivity contribution in [2.45, 2.75) is 13.5 Å². The molecule has 0 aliphatic rings. The number of aromatic hydroxyl groups is 1. The Labute approximate surface area is 140 Å². The van der Waals surface area contributed by atoms with E-state index in [0.29, 0.717) is 0 Å². The van der Waals surface area contributed by atoms with Crippen LogP contribution in [0.4, 0.5) is 8.78 Å². The highest BCUT2D eigenvalue weighted by Crippen LogP contribution is 2.23. The van der Waals surface area contributed by atoms with Gasteiger partial charge < -0.3 is 9.84 Å². The van der Waals surface area contributed by atoms with Crippen molar-refractivity contribution < 1.29 is 23.4 Å². The second kappa shape index (κ2) is 6.39. The third-order valence-electron chi connectivity index (χ3n) is 3.77. The van der Waals surface area contributed by atoms with Gasteiger partial charge in [0.1, 0.15) is 17.2 Å². The van der Waals surface area contributed by atoms with Gasteiger partial charge in [0, 0.05) is 11.8 Å². The summed E-state index contributed by atoms with van der Waals surface area (Å²) in [5.41, 5.74) is -1.69. The highest BCUT2D eigenvalue weighted by atomic mass is 19.1. The van der Waals surface area contributed by atoms with Crippen LogP contribution in [-0.2, 0) is 11.3 Å². The molecule has 2 aromatic heterocycles. The van der Waals surface area contributed by atoms with E-state index in [-0.39, 0.29) is 17.7 Å². The summed E-state index contributed by atoms with van der Waals surface area (Å²) in [5.74, 6) is -3.19. The average Bonchev–Trinajstić information content (AvgIpc) is 3.04. The van der Waals surface area contributed by atoms with Crippen molar-refractivity contribution in [2.75, 3.05) is 6.61 Å². The lowest BCUT2D eigenvalue weighted by Gasteiger charge is -2.14. The number of fused-ring (bicyclic) bond motifs is 1. The smallest absolute Gasteiger partial charge is 0.347 e. The highest BCUT2D eigenvalue weighted by molar-refractivity contribution is 5.94. The fraction of sp³-hybridized carbons (Fsp3) is 0.176. The van der Waals surface area contributed by atoms with Crippen LogP contribution in [0.2, 0.25) is 0 Å². The fourth-order valence-electron chi connectivity index (χ4n) is 2.59. The molecular weight excluding hydrogens is 334 g/mol. The lowest BCUT2D eigenvalue weighted by atomic mass is 10.2. The van der Waals surface area contributed by atoms with Gasteiger partial charge in [-0.1, -0.05) is 6.07 Å². The summed E-state index contributed by atoms with van der Waals surface area (Å²) < 4.78 is 34.9. The normalized spacial score (nSPS) is 11.0. The molecule has 2 heterocycles. The molecule has 0 bridgehead atoms. The molecule has 0 fully saturated rings. The zero-order chi connectivity index (χ0) is 18.1. The third-order valence-corrected chi connectivity index (χ3v) is 3.77. The molecular formula is C17H14F2N2O4. The number of carbonyl (C=O) groups excluding carboxylic acids is 1. The van der Waals surface area contributed by atoms with E-state index in [1.54, 1.807) is 6.92 Å². The molecule has 0 saturated carbocycles. The predicted octanol–water partition coefficient (Wildman–Crippen LogP) is 2.31. The number of hydrogen-bond acceptors (Lipinski definition) is 4. The van der Waals surface area contributed by atoms with Crippen LogP contribution in [0.25, 0.3) is 5.52 Å². The molecule has 0 aliphatic heterocycles. The number of ether oxygens (including phenoxy) is 1. The summed E-state index contributed by atoms with van der Waals surface area (Å²) in [6.45, 7) is 1.10. The number of benzene rings is 1. The Morgan fingerprint density at radius 3 is 2.52 bits per heavy atom. The number of rotatable bonds is 4. The Hall–Kier alpha value is -3.16. The second-order valence-corrected chi connectivity index (χ2v) is 5.25. The quantitative estimate of drug-likeness (QED) is 0.735. The van der Waals surface area contributed by atoms with Gasteiger partial charge in [-0.15, -0.1) is 0 Å². The van der Waals surface area contributed by atoms with Gasteiger partial charge in [-0.25, -0.2) is 18.3 Å². The first-order chi connectivity index (χ1) is 12.0. The molecule has 8 heteroatoms. The number of halogens is 2. The van der Waals surface area contributed by atoms with E-state index in [9.17, 15) is 23.5 Å². The van der Waals surface area contributed by atoms with E-state index in [2.05, 4.69) is 0 Å². The molecule has 0 aliphatic carbocycles. The Bertz CT molecular complexity index is 1000. The lowest BCUT2D eigenvalue weighted by Crippen LogP contribution is -2.32. The molecule has 1 N–H and O–H groups in total. The van der Waals surface area contributed by atoms with Crippen LogP contribution in [0.1, 0.15) is 22.8 Å². The van der Waals surface area contributed by atoms with Crippen molar-refractivity contribution in [2.24, 2.45) is 0 Å². The van der Waals surface area contributed by atoms with Gasteiger partial charge in [0.05, 0.1) is 13.2 Å². The Balaban J connectivity index is 2.26. The van der Waals surface area contributed by atoms with Crippen LogP contribution in [0.3, 0.4) is 0 Å². The molecule has 130 valence electrons. The van der Waals surface area contributed by atoms with Gasteiger partial charge in [-0.2, -0.15) is 0 Å². The summed E-state index contributed by atoms with van der Waals surface area (Å²) in [6, 6.07) is 6.35. The summed E-state index contributed by atoms with van der Waals surface area (Å²) in [4.78, 5) is 24.7. The predicted molar refractivity (Wildman–Crippen MR) is 84.7 cm³/mol. The third kappa shape index (κ3) is 2.75. The molecule has 3 aromatic rings. The minimum atomic E-state index is -1.00. The summed E-state index contributed by atoms with van der Waals surface area (Å²) >= 11 is 0. The van der Waals surface area contributed by atoms with E-state index in [4.69, 9.17) is 4.74 Å². The minimum absolute atomic E-state index is 0.00580. The van der Waals surface area contributed by atoms with E-state index in [1.807, 2.05) is 0 Å². The Morgan fingerprint density at radius 2 is 1.88 bits per heavy atom. The fourth-order valence-corrected chi connectivity index (χ4v) is 2.59. The van der Waals surface area contributed by atoms with Crippen LogP contribution in [0, 0.1) is 11.6 Å². The molecule has 0 unspecified atom stereocenters. The average molecular weight is 348 g/mol. The summed E-state index contributed by atoms with van der Waals surface area (Å²) in [5, 5.41) is 10.2. The van der Waals surface area contributed by atoms with Crippen LogP contribution in [0.15, 0.2) is 41.3 Å². The number of nitrogens with zero attached hydrogens (tertiary/aromatic N) is 2. The zero-order valence-corrected chi connectivity index (χ0v) is 13.2. The van der Waals surface area contributed by atoms with Crippen molar-refractivity contribution in [3.05, 3.63) is 69.6 Å². The molecule has 25 heavy (non-hydrogen) atoms. The molecule has 0 amide bonds. The summed E-state index contributed by atoms with van der Waals surface area (Å²) in [7, 11) is 0. The summed E-state index contributed by atoms with van der Waals surface area (Å²) in [6.07, 6.45) is 1.43. The molecule has 6 nitrogen and oxygen atoms in total. The maximum Gasteiger partial charge on any atom is 0.347 e. The SMILES string of the molecule is CCOC(=O)c1c(O)c2cccn2n(Cc2c(F)cccc2F)c1=O. The Morgan fingerprint density at radius 1 is 1.20 bits per heavy atom. The maximum atomic E-state index is 13.9. The molecule has 0 spiro atoms. The van der Waals surface area contributed by atoms with Crippen LogP contribution in [-0.4, -0.2) is 26.9 Å². The topological polar surface area (TPSA) is 72.9 Å². The zero-order valence-electron chi connectivity index (χ0n) is 13.2. The molecule has 1 aromatic carbocycles. The molecule has 3 rings (SSSR count). The molecule has 0 atom stereocenters. The minimum Gasteiger partial charge on any atom is -0.505 e. The highest BCUT2D eigenvalue weighted by Gasteiger charge is 2.24. The van der Waals surface area contributed by atoms with Gasteiger partial charge in [-0.3, -0.25) is 9.31 Å². The molecule has 0 radical (unpaired) electrons. The number of carbonyl (C=O) groups is 1. The lowest BCUT2D eigenvalue weighted by molar-refractivity contribution is 0.0519. The van der Waals surface area contributed by atoms with Crippen molar-refractivity contribution in [3.63, 3.8) is 0 Å². The van der Waals surface area contributed by atoms with E-state index < -0.39 is 41.0 Å². The largest absolute Gasteiger partial charge is 0.505 e. The Kier molecular flexibility index (Phi) is 4.26. The van der Waals surface area contributed by atoms with Crippen molar-refractivity contribution >= 4 is 11.5 Å². The van der Waals surface area contributed by atoms with Gasteiger partial charge in [0.25, 0.3) is 5.56 Å². The maximum absolute atomic E-state index is 13.9. The van der Waals surface area contributed by atoms with E-state index in [0.717, 1.165) is 16.8 Å². The standard InChI is InChI=1S/C17H14F2N2O4/c1-2-25-17(24)14-15(22)13-7-4-8-20(13)21(16(14)23)9-10-11(18)5-3-6-12(10)19/h3-8,22H,2,9H2,1H3. The van der Waals surface area contributed by atoms with E-state index >= 15 is 0 Å². The van der Waals surface area contributed by atoms with Crippen molar-refractivity contribution in [3.8, 4) is 5.75 Å². The number of hydrogen-bond donors (Lipinski definition) is 1. The number of esters is 1. The van der Waals surface area contributed by atoms with Crippen LogP contribution >= 0.6 is 0 Å². The second-order valence-electron chi connectivity index (χ2n) is 5.25. The van der Waals surface area contributed by atoms with Gasteiger partial charge in [0.2, 0.25) is 0 Å². The van der Waals surface area contributed by atoms with Gasteiger partial charge in [-0.05, 0) is 31.2 Å². The first-order valence-electron chi connectivity index (χ1n) is 7.48. The van der Waals surface area contributed by atoms with Gasteiger partial charge in [0.15, 0.2) is 11.3 Å². The van der Waals surface area contributed by atoms with E-state index in [1.165, 1.54) is 28.9 Å². The molecule has 0 saturated heterocycles. The first-order valence-corrected chi connectivity index (χ1v) is 7.48. The van der Waals surface area contributed by atoms with Crippen LogP contribution < -0.4 is 5.56 Å². The monoisotopic (exact) mass is 348 g/mol. The van der Waals surface area contributed by atoms with Crippen molar-refractivity contribution in [1.82, 2.24) is 9.20 Å². The van der Waals surface area contributed by atoms with Crippen molar-refractivity contribution in [1.29, 1.82) is 0 Å².